The SMILES string of the molecule is CCNC(=NCCCn1nc(C)cc1C)NCCc1cn2cccc(C)c2n1. The topological polar surface area (TPSA) is 71.5 Å². The third-order valence-corrected chi connectivity index (χ3v) is 4.65. The van der Waals surface area contributed by atoms with Gasteiger partial charge in [-0.2, -0.15) is 5.10 Å². The standard InChI is InChI=1S/C21H31N7/c1-5-22-21(23-10-7-13-28-18(4)14-17(3)26-28)24-11-9-19-15-27-12-6-8-16(2)20(27)25-19/h6,8,12,14-15H,5,7,9-11,13H2,1-4H3,(H2,22,23,24). The van der Waals surface area contributed by atoms with Crippen molar-refractivity contribution in [2.75, 3.05) is 19.6 Å². The maximum absolute atomic E-state index is 4.73. The first-order chi connectivity index (χ1) is 13.6. The highest BCUT2D eigenvalue weighted by Gasteiger charge is 2.05. The number of hydrogen-bond donors (Lipinski definition) is 2. The van der Waals surface area contributed by atoms with Crippen molar-refractivity contribution in [3.05, 3.63) is 53.2 Å². The number of nitrogens with one attached hydrogen (secondary N) is 2. The summed E-state index contributed by atoms with van der Waals surface area (Å²) in [6.45, 7) is 11.6. The number of pyridine rings is 1. The summed E-state index contributed by atoms with van der Waals surface area (Å²) in [4.78, 5) is 9.41. The van der Waals surface area contributed by atoms with Crippen LogP contribution in [0.25, 0.3) is 5.65 Å². The minimum atomic E-state index is 0.765. The van der Waals surface area contributed by atoms with E-state index in [9.17, 15) is 0 Å². The number of rotatable bonds is 8. The van der Waals surface area contributed by atoms with E-state index in [0.717, 1.165) is 62.0 Å². The van der Waals surface area contributed by atoms with Gasteiger partial charge < -0.3 is 15.0 Å². The van der Waals surface area contributed by atoms with Crippen LogP contribution in [-0.4, -0.2) is 44.8 Å². The number of aryl methyl sites for hydroxylation is 4. The highest BCUT2D eigenvalue weighted by atomic mass is 15.3. The van der Waals surface area contributed by atoms with Gasteiger partial charge in [0.05, 0.1) is 11.4 Å². The Labute approximate surface area is 166 Å². The van der Waals surface area contributed by atoms with E-state index in [-0.39, 0.29) is 0 Å². The second-order valence-corrected chi connectivity index (χ2v) is 7.10. The molecule has 0 fully saturated rings. The summed E-state index contributed by atoms with van der Waals surface area (Å²) >= 11 is 0. The van der Waals surface area contributed by atoms with E-state index in [0.29, 0.717) is 0 Å². The second kappa shape index (κ2) is 9.39. The molecule has 0 aliphatic rings. The average molecular weight is 382 g/mol. The molecular weight excluding hydrogens is 350 g/mol. The summed E-state index contributed by atoms with van der Waals surface area (Å²) in [6.07, 6.45) is 5.96. The van der Waals surface area contributed by atoms with E-state index in [4.69, 9.17) is 4.98 Å². The molecule has 28 heavy (non-hydrogen) atoms. The number of aliphatic imine (C=N–C) groups is 1. The molecule has 0 saturated carbocycles. The number of hydrogen-bond acceptors (Lipinski definition) is 3. The Hall–Kier alpha value is -2.83. The van der Waals surface area contributed by atoms with E-state index in [1.807, 2.05) is 19.2 Å². The normalized spacial score (nSPS) is 11.9. The van der Waals surface area contributed by atoms with Gasteiger partial charge in [0.2, 0.25) is 0 Å². The van der Waals surface area contributed by atoms with Gasteiger partial charge in [-0.25, -0.2) is 4.98 Å². The van der Waals surface area contributed by atoms with Gasteiger partial charge in [-0.1, -0.05) is 6.07 Å². The summed E-state index contributed by atoms with van der Waals surface area (Å²) in [7, 11) is 0. The monoisotopic (exact) mass is 381 g/mol. The molecule has 7 heteroatoms. The molecule has 0 aliphatic heterocycles. The van der Waals surface area contributed by atoms with Crippen molar-refractivity contribution < 1.29 is 0 Å². The van der Waals surface area contributed by atoms with Crippen molar-refractivity contribution in [1.82, 2.24) is 29.8 Å². The Kier molecular flexibility index (Phi) is 6.68. The molecule has 0 bridgehead atoms. The van der Waals surface area contributed by atoms with Crippen LogP contribution in [0.5, 0.6) is 0 Å². The van der Waals surface area contributed by atoms with Gasteiger partial charge in [0.25, 0.3) is 0 Å². The molecule has 150 valence electrons. The van der Waals surface area contributed by atoms with Crippen LogP contribution in [0, 0.1) is 20.8 Å². The fourth-order valence-corrected chi connectivity index (χ4v) is 3.29. The fourth-order valence-electron chi connectivity index (χ4n) is 3.29. The van der Waals surface area contributed by atoms with Crippen molar-refractivity contribution in [3.8, 4) is 0 Å². The van der Waals surface area contributed by atoms with Gasteiger partial charge in [-0.15, -0.1) is 0 Å². The molecule has 0 spiro atoms. The number of nitrogens with zero attached hydrogens (tertiary/aromatic N) is 5. The first kappa shape index (κ1) is 19.9. The molecule has 3 aromatic heterocycles. The van der Waals surface area contributed by atoms with E-state index in [1.165, 1.54) is 11.3 Å². The van der Waals surface area contributed by atoms with Crippen molar-refractivity contribution in [1.29, 1.82) is 0 Å². The maximum Gasteiger partial charge on any atom is 0.191 e. The van der Waals surface area contributed by atoms with Crippen LogP contribution in [-0.2, 0) is 13.0 Å². The third kappa shape index (κ3) is 5.12. The van der Waals surface area contributed by atoms with Gasteiger partial charge >= 0.3 is 0 Å². The largest absolute Gasteiger partial charge is 0.357 e. The van der Waals surface area contributed by atoms with Crippen molar-refractivity contribution in [3.63, 3.8) is 0 Å². The predicted molar refractivity (Wildman–Crippen MR) is 114 cm³/mol. The molecule has 0 radical (unpaired) electrons. The van der Waals surface area contributed by atoms with Crippen molar-refractivity contribution in [2.45, 2.75) is 47.1 Å². The first-order valence-electron chi connectivity index (χ1n) is 10.0. The Balaban J connectivity index is 1.48. The molecule has 3 heterocycles. The number of aromatic nitrogens is 4. The number of imidazole rings is 1. The molecule has 7 nitrogen and oxygen atoms in total. The zero-order chi connectivity index (χ0) is 19.9. The number of guanidine groups is 1. The zero-order valence-corrected chi connectivity index (χ0v) is 17.4. The lowest BCUT2D eigenvalue weighted by Gasteiger charge is -2.10. The smallest absolute Gasteiger partial charge is 0.191 e. The minimum absolute atomic E-state index is 0.765. The van der Waals surface area contributed by atoms with Gasteiger partial charge in [0.15, 0.2) is 5.96 Å². The predicted octanol–water partition coefficient (Wildman–Crippen LogP) is 2.64. The zero-order valence-electron chi connectivity index (χ0n) is 17.4. The van der Waals surface area contributed by atoms with E-state index in [1.54, 1.807) is 0 Å². The summed E-state index contributed by atoms with van der Waals surface area (Å²) in [5, 5.41) is 11.2. The van der Waals surface area contributed by atoms with Crippen LogP contribution in [0.3, 0.4) is 0 Å². The van der Waals surface area contributed by atoms with E-state index < -0.39 is 0 Å². The van der Waals surface area contributed by atoms with Gasteiger partial charge in [0.1, 0.15) is 5.65 Å². The lowest BCUT2D eigenvalue weighted by Crippen LogP contribution is -2.38. The van der Waals surface area contributed by atoms with Crippen LogP contribution in [0.1, 0.15) is 36.0 Å². The molecule has 0 unspecified atom stereocenters. The molecule has 0 aliphatic carbocycles. The molecule has 0 atom stereocenters. The molecule has 3 aromatic rings. The summed E-state index contributed by atoms with van der Waals surface area (Å²) in [5.41, 5.74) is 5.58. The summed E-state index contributed by atoms with van der Waals surface area (Å²) in [5.74, 6) is 0.857. The van der Waals surface area contributed by atoms with E-state index in [2.05, 4.69) is 68.9 Å². The minimum Gasteiger partial charge on any atom is -0.357 e. The van der Waals surface area contributed by atoms with Gasteiger partial charge in [-0.05, 0) is 51.8 Å². The first-order valence-corrected chi connectivity index (χ1v) is 10.0. The lowest BCUT2D eigenvalue weighted by atomic mass is 10.3. The summed E-state index contributed by atoms with van der Waals surface area (Å²) < 4.78 is 4.14. The fraction of sp³-hybridized carbons (Fsp3) is 0.476. The van der Waals surface area contributed by atoms with Crippen LogP contribution >= 0.6 is 0 Å². The van der Waals surface area contributed by atoms with Crippen LogP contribution < -0.4 is 10.6 Å². The van der Waals surface area contributed by atoms with Crippen molar-refractivity contribution >= 4 is 11.6 Å². The van der Waals surface area contributed by atoms with Crippen LogP contribution in [0.2, 0.25) is 0 Å². The van der Waals surface area contributed by atoms with Crippen molar-refractivity contribution in [2.24, 2.45) is 4.99 Å². The average Bonchev–Trinajstić information content (AvgIpc) is 3.22. The lowest BCUT2D eigenvalue weighted by molar-refractivity contribution is 0.567. The van der Waals surface area contributed by atoms with Gasteiger partial charge in [0, 0.05) is 50.7 Å². The molecule has 2 N–H and O–H groups in total. The van der Waals surface area contributed by atoms with Crippen LogP contribution in [0.4, 0.5) is 0 Å². The van der Waals surface area contributed by atoms with Gasteiger partial charge in [-0.3, -0.25) is 9.67 Å². The Bertz CT molecular complexity index is 936. The Morgan fingerprint density at radius 3 is 2.79 bits per heavy atom. The highest BCUT2D eigenvalue weighted by molar-refractivity contribution is 5.79. The Morgan fingerprint density at radius 2 is 2.07 bits per heavy atom. The molecule has 0 amide bonds. The molecule has 0 saturated heterocycles. The second-order valence-electron chi connectivity index (χ2n) is 7.10. The van der Waals surface area contributed by atoms with E-state index >= 15 is 0 Å². The highest BCUT2D eigenvalue weighted by Crippen LogP contribution is 2.10. The molecule has 3 rings (SSSR count). The van der Waals surface area contributed by atoms with Crippen LogP contribution in [0.15, 0.2) is 35.6 Å². The summed E-state index contributed by atoms with van der Waals surface area (Å²) in [6, 6.07) is 6.25. The molecule has 0 aromatic carbocycles. The quantitative estimate of drug-likeness (QED) is 0.357. The maximum atomic E-state index is 4.73. The molecular formula is C21H31N7. The number of fused-ring (bicyclic) bond motifs is 1. The third-order valence-electron chi connectivity index (χ3n) is 4.65. The Morgan fingerprint density at radius 1 is 1.21 bits per heavy atom.